The fourth-order valence-corrected chi connectivity index (χ4v) is 6.66. The number of nitrogens with zero attached hydrogens (tertiary/aromatic N) is 2. The molecule has 6 atom stereocenters. The molecule has 2 bridgehead atoms. The number of hydrogen-bond acceptors (Lipinski definition) is 7. The first-order valence-electron chi connectivity index (χ1n) is 12.4. The number of rotatable bonds is 6. The quantitative estimate of drug-likeness (QED) is 0.393. The van der Waals surface area contributed by atoms with Crippen LogP contribution >= 0.6 is 12.6 Å². The van der Waals surface area contributed by atoms with Gasteiger partial charge < -0.3 is 21.1 Å². The van der Waals surface area contributed by atoms with Crippen molar-refractivity contribution in [2.45, 2.75) is 90.2 Å². The number of esters is 1. The highest BCUT2D eigenvalue weighted by Crippen LogP contribution is 2.56. The van der Waals surface area contributed by atoms with Gasteiger partial charge in [0.25, 0.3) is 0 Å². The van der Waals surface area contributed by atoms with Gasteiger partial charge in [-0.2, -0.15) is 17.9 Å². The van der Waals surface area contributed by atoms with Crippen LogP contribution in [0.15, 0.2) is 0 Å². The zero-order chi connectivity index (χ0) is 25.2. The second-order valence-corrected chi connectivity index (χ2v) is 10.8. The van der Waals surface area contributed by atoms with Gasteiger partial charge in [0.2, 0.25) is 5.91 Å². The predicted molar refractivity (Wildman–Crippen MR) is 135 cm³/mol. The summed E-state index contributed by atoms with van der Waals surface area (Å²) in [5.74, 6) is 1.87. The summed E-state index contributed by atoms with van der Waals surface area (Å²) in [6, 6.07) is 2.01. The van der Waals surface area contributed by atoms with Gasteiger partial charge in [0.1, 0.15) is 11.6 Å². The second kappa shape index (κ2) is 13.6. The number of amides is 1. The van der Waals surface area contributed by atoms with Crippen LogP contribution in [0.3, 0.4) is 0 Å². The lowest BCUT2D eigenvalue weighted by Gasteiger charge is -2.54. The smallest absolute Gasteiger partial charge is 0.307 e. The highest BCUT2D eigenvalue weighted by Gasteiger charge is 2.53. The second-order valence-electron chi connectivity index (χ2n) is 10.3. The molecule has 3 fully saturated rings. The van der Waals surface area contributed by atoms with E-state index in [9.17, 15) is 14.9 Å². The molecule has 0 aromatic rings. The molecule has 1 amide bonds. The third-order valence-electron chi connectivity index (χ3n) is 7.30. The van der Waals surface area contributed by atoms with Crippen LogP contribution in [0.4, 0.5) is 0 Å². The molecule has 1 heterocycles. The van der Waals surface area contributed by atoms with Crippen molar-refractivity contribution < 1.29 is 14.3 Å². The summed E-state index contributed by atoms with van der Waals surface area (Å²) < 4.78 is 6.12. The molecule has 0 aromatic heterocycles. The van der Waals surface area contributed by atoms with Gasteiger partial charge in [0.05, 0.1) is 12.5 Å². The molecular weight excluding hydrogens is 436 g/mol. The fourth-order valence-electron chi connectivity index (χ4n) is 6.48. The molecule has 2 saturated carbocycles. The van der Waals surface area contributed by atoms with Crippen molar-refractivity contribution in [3.8, 4) is 6.07 Å². The van der Waals surface area contributed by atoms with E-state index in [0.717, 1.165) is 44.9 Å². The van der Waals surface area contributed by atoms with Crippen LogP contribution in [0.5, 0.6) is 0 Å². The van der Waals surface area contributed by atoms with Gasteiger partial charge in [-0.1, -0.05) is 27.2 Å². The maximum absolute atomic E-state index is 13.2. The molecule has 0 radical (unpaired) electrons. The Morgan fingerprint density at radius 2 is 1.85 bits per heavy atom. The van der Waals surface area contributed by atoms with E-state index in [-0.39, 0.29) is 23.3 Å². The Bertz CT molecular complexity index is 685. The number of ether oxygens (including phenoxy) is 1. The van der Waals surface area contributed by atoms with E-state index in [4.69, 9.17) is 4.74 Å². The lowest BCUT2D eigenvalue weighted by molar-refractivity contribution is -0.182. The zero-order valence-corrected chi connectivity index (χ0v) is 22.2. The van der Waals surface area contributed by atoms with E-state index in [1.807, 2.05) is 0 Å². The van der Waals surface area contributed by atoms with Gasteiger partial charge in [0.15, 0.2) is 0 Å². The van der Waals surface area contributed by atoms with Crippen LogP contribution in [0.2, 0.25) is 0 Å². The zero-order valence-electron chi connectivity index (χ0n) is 21.3. The summed E-state index contributed by atoms with van der Waals surface area (Å²) in [5, 5.41) is 9.44. The molecule has 2 aliphatic carbocycles. The number of nitriles is 1. The van der Waals surface area contributed by atoms with Gasteiger partial charge in [-0.05, 0) is 75.8 Å². The van der Waals surface area contributed by atoms with Crippen LogP contribution in [-0.2, 0) is 14.3 Å². The Balaban J connectivity index is 0.00000129. The average molecular weight is 483 g/mol. The number of carbonyl (C=O) groups excluding carboxylic acids is 2. The van der Waals surface area contributed by atoms with Gasteiger partial charge in [-0.15, -0.1) is 0 Å². The Kier molecular flexibility index (Phi) is 12.2. The standard InChI is InChI=1S/C23H36N2O3S.2CH5N/c1-4-17-8-18-9-22(3,12-20(26)25-14-16(2)7-19(25)13-24)15-23(10-17,11-18)28-21(27)5-6-29;2*1-2/h16-19,29H,4-12,14-15H2,1-3H3;2*2H2,1H3. The number of hydrogen-bond donors (Lipinski definition) is 3. The van der Waals surface area contributed by atoms with Crippen molar-refractivity contribution in [1.82, 2.24) is 4.90 Å². The summed E-state index contributed by atoms with van der Waals surface area (Å²) in [4.78, 5) is 27.3. The Labute approximate surface area is 206 Å². The Morgan fingerprint density at radius 1 is 1.18 bits per heavy atom. The summed E-state index contributed by atoms with van der Waals surface area (Å²) in [7, 11) is 3.00. The molecule has 7 nitrogen and oxygen atoms in total. The van der Waals surface area contributed by atoms with E-state index >= 15 is 0 Å². The molecule has 1 saturated heterocycles. The third-order valence-corrected chi connectivity index (χ3v) is 7.52. The van der Waals surface area contributed by atoms with Crippen molar-refractivity contribution in [3.05, 3.63) is 0 Å². The first kappa shape index (κ1) is 29.7. The molecule has 190 valence electrons. The molecular formula is C25H46N4O3S. The van der Waals surface area contributed by atoms with E-state index in [2.05, 4.69) is 50.9 Å². The molecule has 8 heteroatoms. The van der Waals surface area contributed by atoms with Crippen molar-refractivity contribution in [2.75, 3.05) is 26.4 Å². The van der Waals surface area contributed by atoms with Gasteiger partial charge in [0, 0.05) is 18.7 Å². The molecule has 3 aliphatic rings. The van der Waals surface area contributed by atoms with E-state index in [1.54, 1.807) is 4.90 Å². The molecule has 0 spiro atoms. The molecule has 1 aliphatic heterocycles. The largest absolute Gasteiger partial charge is 0.459 e. The van der Waals surface area contributed by atoms with E-state index in [0.29, 0.717) is 42.9 Å². The molecule has 0 aromatic carbocycles. The first-order chi connectivity index (χ1) is 15.7. The molecule has 4 N–H and O–H groups in total. The molecule has 33 heavy (non-hydrogen) atoms. The predicted octanol–water partition coefficient (Wildman–Crippen LogP) is 3.52. The molecule has 6 unspecified atom stereocenters. The number of nitrogens with two attached hydrogens (primary N) is 2. The van der Waals surface area contributed by atoms with Gasteiger partial charge in [-0.3, -0.25) is 9.59 Å². The summed E-state index contributed by atoms with van der Waals surface area (Å²) in [5.41, 5.74) is 8.37. The maximum Gasteiger partial charge on any atom is 0.307 e. The van der Waals surface area contributed by atoms with Gasteiger partial charge in [-0.25, -0.2) is 0 Å². The van der Waals surface area contributed by atoms with Crippen LogP contribution in [0.25, 0.3) is 0 Å². The van der Waals surface area contributed by atoms with Crippen molar-refractivity contribution in [2.24, 2.45) is 34.6 Å². The monoisotopic (exact) mass is 482 g/mol. The van der Waals surface area contributed by atoms with Crippen LogP contribution < -0.4 is 11.5 Å². The first-order valence-corrected chi connectivity index (χ1v) is 13.0. The summed E-state index contributed by atoms with van der Waals surface area (Å²) in [6.07, 6.45) is 7.39. The lowest BCUT2D eigenvalue weighted by atomic mass is 9.56. The van der Waals surface area contributed by atoms with E-state index in [1.165, 1.54) is 14.1 Å². The molecule has 3 rings (SSSR count). The summed E-state index contributed by atoms with van der Waals surface area (Å²) >= 11 is 4.18. The van der Waals surface area contributed by atoms with Crippen molar-refractivity contribution in [1.29, 1.82) is 5.26 Å². The highest BCUT2D eigenvalue weighted by molar-refractivity contribution is 7.80. The average Bonchev–Trinajstić information content (AvgIpc) is 3.16. The topological polar surface area (TPSA) is 122 Å². The minimum atomic E-state index is -0.441. The maximum atomic E-state index is 13.2. The van der Waals surface area contributed by atoms with Crippen LogP contribution in [-0.4, -0.2) is 54.8 Å². The Hall–Kier alpha value is -1.30. The van der Waals surface area contributed by atoms with E-state index < -0.39 is 5.60 Å². The fraction of sp³-hybridized carbons (Fsp3) is 0.880. The lowest BCUT2D eigenvalue weighted by Crippen LogP contribution is -2.52. The number of thiol groups is 1. The highest BCUT2D eigenvalue weighted by atomic mass is 32.1. The van der Waals surface area contributed by atoms with Crippen molar-refractivity contribution in [3.63, 3.8) is 0 Å². The normalized spacial score (nSPS) is 34.7. The van der Waals surface area contributed by atoms with Crippen LogP contribution in [0, 0.1) is 34.5 Å². The number of carbonyl (C=O) groups is 2. The van der Waals surface area contributed by atoms with Gasteiger partial charge >= 0.3 is 5.97 Å². The summed E-state index contributed by atoms with van der Waals surface area (Å²) in [6.45, 7) is 7.18. The number of likely N-dealkylation sites (tertiary alicyclic amines) is 1. The Morgan fingerprint density at radius 3 is 2.42 bits per heavy atom. The minimum Gasteiger partial charge on any atom is -0.459 e. The minimum absolute atomic E-state index is 0.0900. The number of fused-ring (bicyclic) bond motifs is 2. The third kappa shape index (κ3) is 7.87. The van der Waals surface area contributed by atoms with Crippen molar-refractivity contribution >= 4 is 24.5 Å². The SMILES string of the molecule is CCC1CC2CC(C)(CC(=O)N3CC(C)CC3C#N)CC(OC(=O)CCS)(C1)C2.CN.CN. The van der Waals surface area contributed by atoms with Crippen LogP contribution in [0.1, 0.15) is 78.6 Å².